The van der Waals surface area contributed by atoms with Crippen LogP contribution in [0.25, 0.3) is 0 Å². The quantitative estimate of drug-likeness (QED) is 0.200. The lowest BCUT2D eigenvalue weighted by Crippen LogP contribution is -2.47. The van der Waals surface area contributed by atoms with Gasteiger partial charge in [0.1, 0.15) is 6.17 Å². The fourth-order valence-corrected chi connectivity index (χ4v) is 2.26. The second-order valence-corrected chi connectivity index (χ2v) is 7.02. The topological polar surface area (TPSA) is 130 Å². The maximum Gasteiger partial charge on any atom is 0.355 e. The predicted molar refractivity (Wildman–Crippen MR) is 83.7 cm³/mol. The van der Waals surface area contributed by atoms with E-state index in [-0.39, 0.29) is 6.42 Å². The van der Waals surface area contributed by atoms with E-state index in [1.165, 1.54) is 6.92 Å². The molecule has 0 saturated heterocycles. The SMILES string of the molecule is CCc1cccc(CC(=O)N(O)C(C)NCC(O)P(=O)(O)O)c1. The molecule has 2 atom stereocenters. The third-order valence-electron chi connectivity index (χ3n) is 3.36. The molecule has 0 aliphatic heterocycles. The van der Waals surface area contributed by atoms with Crippen molar-refractivity contribution in [2.45, 2.75) is 38.7 Å². The number of aliphatic hydroxyl groups is 1. The van der Waals surface area contributed by atoms with E-state index in [2.05, 4.69) is 5.32 Å². The first-order valence-corrected chi connectivity index (χ1v) is 8.88. The lowest BCUT2D eigenvalue weighted by atomic mass is 10.1. The van der Waals surface area contributed by atoms with E-state index in [1.54, 1.807) is 6.07 Å². The summed E-state index contributed by atoms with van der Waals surface area (Å²) in [7, 11) is -4.62. The van der Waals surface area contributed by atoms with Gasteiger partial charge in [-0.15, -0.1) is 0 Å². The van der Waals surface area contributed by atoms with Gasteiger partial charge in [0.25, 0.3) is 5.91 Å². The molecule has 0 saturated carbocycles. The summed E-state index contributed by atoms with van der Waals surface area (Å²) in [5.41, 5.74) is 1.84. The summed E-state index contributed by atoms with van der Waals surface area (Å²) in [5, 5.41) is 22.0. The van der Waals surface area contributed by atoms with Crippen molar-refractivity contribution in [3.8, 4) is 0 Å². The van der Waals surface area contributed by atoms with Crippen LogP contribution in [0.2, 0.25) is 0 Å². The first-order chi connectivity index (χ1) is 10.6. The van der Waals surface area contributed by atoms with Gasteiger partial charge < -0.3 is 14.9 Å². The Morgan fingerprint density at radius 1 is 1.35 bits per heavy atom. The smallest absolute Gasteiger partial charge is 0.355 e. The molecule has 9 heteroatoms. The van der Waals surface area contributed by atoms with Gasteiger partial charge in [-0.05, 0) is 24.5 Å². The zero-order chi connectivity index (χ0) is 17.6. The number of amides is 1. The van der Waals surface area contributed by atoms with Crippen molar-refractivity contribution in [3.05, 3.63) is 35.4 Å². The lowest BCUT2D eigenvalue weighted by molar-refractivity contribution is -0.176. The van der Waals surface area contributed by atoms with Crippen molar-refractivity contribution in [2.24, 2.45) is 0 Å². The molecule has 2 unspecified atom stereocenters. The number of nitrogens with zero attached hydrogens (tertiary/aromatic N) is 1. The second-order valence-electron chi connectivity index (χ2n) is 5.24. The first kappa shape index (κ1) is 19.8. The van der Waals surface area contributed by atoms with Crippen molar-refractivity contribution in [3.63, 3.8) is 0 Å². The minimum atomic E-state index is -4.62. The lowest BCUT2D eigenvalue weighted by Gasteiger charge is -2.25. The highest BCUT2D eigenvalue weighted by atomic mass is 31.2. The molecular formula is C14H23N2O6P. The summed E-state index contributed by atoms with van der Waals surface area (Å²) >= 11 is 0. The molecule has 1 rings (SSSR count). The molecule has 5 N–H and O–H groups in total. The Morgan fingerprint density at radius 2 is 1.96 bits per heavy atom. The van der Waals surface area contributed by atoms with Gasteiger partial charge in [-0.25, -0.2) is 5.06 Å². The third-order valence-corrected chi connectivity index (χ3v) is 4.32. The van der Waals surface area contributed by atoms with Crippen LogP contribution in [0.3, 0.4) is 0 Å². The Kier molecular flexibility index (Phi) is 7.34. The monoisotopic (exact) mass is 346 g/mol. The fraction of sp³-hybridized carbons (Fsp3) is 0.500. The number of aryl methyl sites for hydroxylation is 1. The van der Waals surface area contributed by atoms with Crippen LogP contribution in [0.1, 0.15) is 25.0 Å². The van der Waals surface area contributed by atoms with Crippen LogP contribution < -0.4 is 5.32 Å². The highest BCUT2D eigenvalue weighted by molar-refractivity contribution is 7.52. The van der Waals surface area contributed by atoms with Gasteiger partial charge in [0.15, 0.2) is 5.85 Å². The number of hydroxylamine groups is 2. The Hall–Kier alpha value is -1.28. The molecule has 23 heavy (non-hydrogen) atoms. The Morgan fingerprint density at radius 3 is 2.52 bits per heavy atom. The molecule has 1 amide bonds. The molecule has 0 aromatic heterocycles. The first-order valence-electron chi connectivity index (χ1n) is 7.20. The summed E-state index contributed by atoms with van der Waals surface area (Å²) in [6, 6.07) is 7.43. The van der Waals surface area contributed by atoms with Gasteiger partial charge >= 0.3 is 7.60 Å². The molecule has 8 nitrogen and oxygen atoms in total. The van der Waals surface area contributed by atoms with E-state index in [0.29, 0.717) is 5.06 Å². The van der Waals surface area contributed by atoms with E-state index >= 15 is 0 Å². The molecular weight excluding hydrogens is 323 g/mol. The summed E-state index contributed by atoms with van der Waals surface area (Å²) < 4.78 is 10.8. The highest BCUT2D eigenvalue weighted by Gasteiger charge is 2.27. The summed E-state index contributed by atoms with van der Waals surface area (Å²) in [4.78, 5) is 29.6. The van der Waals surface area contributed by atoms with Crippen molar-refractivity contribution in [1.82, 2.24) is 10.4 Å². The van der Waals surface area contributed by atoms with Crippen LogP contribution in [0.15, 0.2) is 24.3 Å². The molecule has 0 radical (unpaired) electrons. The van der Waals surface area contributed by atoms with Gasteiger partial charge in [-0.1, -0.05) is 31.2 Å². The molecule has 0 spiro atoms. The van der Waals surface area contributed by atoms with Gasteiger partial charge in [0.05, 0.1) is 6.42 Å². The van der Waals surface area contributed by atoms with Gasteiger partial charge in [-0.2, -0.15) is 0 Å². The largest absolute Gasteiger partial charge is 0.379 e. The van der Waals surface area contributed by atoms with Gasteiger partial charge in [0.2, 0.25) is 0 Å². The van der Waals surface area contributed by atoms with Crippen LogP contribution in [0.5, 0.6) is 0 Å². The van der Waals surface area contributed by atoms with E-state index in [1.807, 2.05) is 25.1 Å². The molecule has 0 fully saturated rings. The van der Waals surface area contributed by atoms with Gasteiger partial charge in [-0.3, -0.25) is 19.9 Å². The molecule has 0 aliphatic rings. The third kappa shape index (κ3) is 6.39. The highest BCUT2D eigenvalue weighted by Crippen LogP contribution is 2.38. The van der Waals surface area contributed by atoms with Crippen molar-refractivity contribution >= 4 is 13.5 Å². The van der Waals surface area contributed by atoms with Crippen molar-refractivity contribution < 1.29 is 29.5 Å². The maximum atomic E-state index is 12.0. The van der Waals surface area contributed by atoms with Crippen molar-refractivity contribution in [1.29, 1.82) is 0 Å². The van der Waals surface area contributed by atoms with E-state index in [4.69, 9.17) is 9.79 Å². The standard InChI is InChI=1S/C14H23N2O6P/c1-3-11-5-4-6-12(7-11)8-13(17)16(19)10(2)15-9-14(18)23(20,21)22/h4-7,10,14-15,18-19H,3,8-9H2,1-2H3,(H2,20,21,22). The molecule has 130 valence electrons. The van der Waals surface area contributed by atoms with Crippen LogP contribution in [0, 0.1) is 0 Å². The van der Waals surface area contributed by atoms with Crippen LogP contribution in [-0.4, -0.2) is 49.6 Å². The predicted octanol–water partition coefficient (Wildman–Crippen LogP) is 0.441. The minimum absolute atomic E-state index is 0.00257. The van der Waals surface area contributed by atoms with E-state index in [9.17, 15) is 19.7 Å². The Balaban J connectivity index is 2.56. The number of aliphatic hydroxyl groups excluding tert-OH is 1. The van der Waals surface area contributed by atoms with E-state index in [0.717, 1.165) is 17.5 Å². The maximum absolute atomic E-state index is 12.0. The van der Waals surface area contributed by atoms with Crippen molar-refractivity contribution in [2.75, 3.05) is 6.54 Å². The number of benzene rings is 1. The average molecular weight is 346 g/mol. The number of hydrogen-bond acceptors (Lipinski definition) is 5. The Bertz CT molecular complexity index is 576. The van der Waals surface area contributed by atoms with E-state index < -0.39 is 32.1 Å². The van der Waals surface area contributed by atoms with Crippen LogP contribution >= 0.6 is 7.60 Å². The number of carbonyl (C=O) groups is 1. The minimum Gasteiger partial charge on any atom is -0.379 e. The number of carbonyl (C=O) groups excluding carboxylic acids is 1. The summed E-state index contributed by atoms with van der Waals surface area (Å²) in [6.45, 7) is 2.98. The molecule has 0 heterocycles. The zero-order valence-electron chi connectivity index (χ0n) is 13.1. The zero-order valence-corrected chi connectivity index (χ0v) is 14.0. The molecule has 1 aromatic carbocycles. The normalized spacial score (nSPS) is 14.3. The molecule has 0 aliphatic carbocycles. The fourth-order valence-electron chi connectivity index (χ4n) is 1.91. The average Bonchev–Trinajstić information content (AvgIpc) is 2.50. The second kappa shape index (κ2) is 8.54. The number of nitrogens with one attached hydrogen (secondary N) is 1. The molecule has 1 aromatic rings. The summed E-state index contributed by atoms with van der Waals surface area (Å²) in [5.74, 6) is -2.46. The molecule has 0 bridgehead atoms. The van der Waals surface area contributed by atoms with Crippen LogP contribution in [-0.2, 0) is 22.2 Å². The number of hydrogen-bond donors (Lipinski definition) is 5. The van der Waals surface area contributed by atoms with Gasteiger partial charge in [0, 0.05) is 6.54 Å². The number of rotatable bonds is 8. The summed E-state index contributed by atoms with van der Waals surface area (Å²) in [6.07, 6.45) is -0.0707. The Labute approximate surface area is 134 Å². The van der Waals surface area contributed by atoms with Crippen LogP contribution in [0.4, 0.5) is 0 Å².